The quantitative estimate of drug-likeness (QED) is 0.722. The van der Waals surface area contributed by atoms with Crippen LogP contribution in [0.5, 0.6) is 0 Å². The summed E-state index contributed by atoms with van der Waals surface area (Å²) in [6.07, 6.45) is -0.753. The Morgan fingerprint density at radius 2 is 2.05 bits per heavy atom. The number of hydrogen-bond donors (Lipinski definition) is 3. The Hall–Kier alpha value is -2.27. The van der Waals surface area contributed by atoms with Crippen LogP contribution in [0, 0.1) is 25.2 Å². The molecule has 19 heavy (non-hydrogen) atoms. The van der Waals surface area contributed by atoms with Crippen LogP contribution in [0.1, 0.15) is 22.9 Å². The number of nitrogens with one attached hydrogen (secondary N) is 3. The average molecular weight is 282 g/mol. The maximum Gasteiger partial charge on any atom is 0.426 e. The second-order valence-corrected chi connectivity index (χ2v) is 4.75. The summed E-state index contributed by atoms with van der Waals surface area (Å²) in [6.45, 7) is 5.53. The summed E-state index contributed by atoms with van der Waals surface area (Å²) in [5.74, 6) is 0. The van der Waals surface area contributed by atoms with Gasteiger partial charge in [-0.25, -0.2) is 20.4 Å². The van der Waals surface area contributed by atoms with E-state index >= 15 is 0 Å². The molecule has 0 unspecified atom stereocenters. The van der Waals surface area contributed by atoms with Crippen LogP contribution in [0.2, 0.25) is 0 Å². The number of carbonyl (C=O) groups excluding carboxylic acids is 2. The number of aryl methyl sites for hydroxylation is 1. The van der Waals surface area contributed by atoms with Gasteiger partial charge in [-0.2, -0.15) is 5.26 Å². The largest absolute Gasteiger partial charge is 0.449 e. The molecule has 8 heteroatoms. The van der Waals surface area contributed by atoms with E-state index in [0.29, 0.717) is 10.6 Å². The van der Waals surface area contributed by atoms with Gasteiger partial charge in [0.1, 0.15) is 11.1 Å². The van der Waals surface area contributed by atoms with E-state index in [1.54, 1.807) is 6.92 Å². The maximum atomic E-state index is 11.5. The first kappa shape index (κ1) is 14.8. The third-order valence-corrected chi connectivity index (χ3v) is 3.40. The molecule has 7 nitrogen and oxygen atoms in total. The Kier molecular flexibility index (Phi) is 5.14. The van der Waals surface area contributed by atoms with E-state index < -0.39 is 12.1 Å². The van der Waals surface area contributed by atoms with Gasteiger partial charge in [-0.3, -0.25) is 5.32 Å². The number of carbonyl (C=O) groups is 2. The van der Waals surface area contributed by atoms with Gasteiger partial charge in [0, 0.05) is 4.88 Å². The van der Waals surface area contributed by atoms with E-state index in [-0.39, 0.29) is 6.61 Å². The van der Waals surface area contributed by atoms with E-state index in [2.05, 4.69) is 20.9 Å². The van der Waals surface area contributed by atoms with Crippen LogP contribution in [-0.4, -0.2) is 18.7 Å². The van der Waals surface area contributed by atoms with Crippen LogP contribution >= 0.6 is 11.3 Å². The van der Waals surface area contributed by atoms with Gasteiger partial charge in [0.05, 0.1) is 12.2 Å². The molecule has 0 aromatic carbocycles. The third kappa shape index (κ3) is 3.86. The molecule has 1 rings (SSSR count). The molecule has 0 radical (unpaired) electrons. The molecule has 0 fully saturated rings. The van der Waals surface area contributed by atoms with Crippen molar-refractivity contribution in [3.8, 4) is 6.07 Å². The molecule has 0 saturated carbocycles. The maximum absolute atomic E-state index is 11.5. The fourth-order valence-corrected chi connectivity index (χ4v) is 2.26. The van der Waals surface area contributed by atoms with Crippen molar-refractivity contribution in [3.05, 3.63) is 16.0 Å². The zero-order valence-electron chi connectivity index (χ0n) is 10.8. The van der Waals surface area contributed by atoms with Crippen molar-refractivity contribution in [2.75, 3.05) is 11.9 Å². The fraction of sp³-hybridized carbons (Fsp3) is 0.364. The second-order valence-electron chi connectivity index (χ2n) is 3.52. The molecule has 1 aromatic heterocycles. The SMILES string of the molecule is CCOC(=O)NNC(=O)Nc1sc(C)c(C)c1C#N. The molecule has 0 aliphatic rings. The highest BCUT2D eigenvalue weighted by molar-refractivity contribution is 7.16. The Bertz CT molecular complexity index is 533. The molecular formula is C11H14N4O3S. The van der Waals surface area contributed by atoms with E-state index in [9.17, 15) is 9.59 Å². The molecule has 0 spiro atoms. The van der Waals surface area contributed by atoms with Gasteiger partial charge in [0.2, 0.25) is 0 Å². The lowest BCUT2D eigenvalue weighted by molar-refractivity contribution is 0.148. The lowest BCUT2D eigenvalue weighted by atomic mass is 10.2. The molecule has 1 heterocycles. The predicted octanol–water partition coefficient (Wildman–Crippen LogP) is 2.02. The first-order chi connectivity index (χ1) is 8.99. The minimum atomic E-state index is -0.753. The number of hydrogen-bond acceptors (Lipinski definition) is 5. The lowest BCUT2D eigenvalue weighted by Crippen LogP contribution is -2.44. The fourth-order valence-electron chi connectivity index (χ4n) is 1.26. The molecule has 0 aliphatic carbocycles. The predicted molar refractivity (Wildman–Crippen MR) is 70.8 cm³/mol. The van der Waals surface area contributed by atoms with Crippen LogP contribution in [0.15, 0.2) is 0 Å². The Morgan fingerprint density at radius 1 is 1.37 bits per heavy atom. The third-order valence-electron chi connectivity index (χ3n) is 2.28. The van der Waals surface area contributed by atoms with Crippen LogP contribution < -0.4 is 16.2 Å². The number of rotatable bonds is 2. The normalized spacial score (nSPS) is 9.37. The Balaban J connectivity index is 2.61. The van der Waals surface area contributed by atoms with E-state index in [1.807, 2.05) is 19.9 Å². The van der Waals surface area contributed by atoms with Crippen molar-refractivity contribution in [2.45, 2.75) is 20.8 Å². The smallest absolute Gasteiger partial charge is 0.426 e. The van der Waals surface area contributed by atoms with Gasteiger partial charge in [-0.15, -0.1) is 11.3 Å². The molecule has 102 valence electrons. The molecule has 0 bridgehead atoms. The number of amides is 3. The Morgan fingerprint density at radius 3 is 2.63 bits per heavy atom. The van der Waals surface area contributed by atoms with Gasteiger partial charge in [-0.1, -0.05) is 0 Å². The van der Waals surface area contributed by atoms with E-state index in [1.165, 1.54) is 11.3 Å². The number of anilines is 1. The van der Waals surface area contributed by atoms with Crippen LogP contribution in [0.4, 0.5) is 14.6 Å². The van der Waals surface area contributed by atoms with Gasteiger partial charge in [-0.05, 0) is 26.3 Å². The average Bonchev–Trinajstić information content (AvgIpc) is 2.62. The summed E-state index contributed by atoms with van der Waals surface area (Å²) in [5.41, 5.74) is 5.44. The highest BCUT2D eigenvalue weighted by Crippen LogP contribution is 2.31. The van der Waals surface area contributed by atoms with Gasteiger partial charge in [0.15, 0.2) is 0 Å². The highest BCUT2D eigenvalue weighted by Gasteiger charge is 2.14. The van der Waals surface area contributed by atoms with Crippen molar-refractivity contribution in [1.82, 2.24) is 10.9 Å². The van der Waals surface area contributed by atoms with Crippen LogP contribution in [0.3, 0.4) is 0 Å². The van der Waals surface area contributed by atoms with E-state index in [0.717, 1.165) is 10.4 Å². The highest BCUT2D eigenvalue weighted by atomic mass is 32.1. The van der Waals surface area contributed by atoms with Crippen molar-refractivity contribution in [2.24, 2.45) is 0 Å². The van der Waals surface area contributed by atoms with Gasteiger partial charge < -0.3 is 4.74 Å². The van der Waals surface area contributed by atoms with E-state index in [4.69, 9.17) is 5.26 Å². The minimum absolute atomic E-state index is 0.205. The topological polar surface area (TPSA) is 103 Å². The van der Waals surface area contributed by atoms with Gasteiger partial charge >= 0.3 is 12.1 Å². The first-order valence-corrected chi connectivity index (χ1v) is 6.31. The number of thiophene rings is 1. The molecule has 0 saturated heterocycles. The molecule has 3 N–H and O–H groups in total. The molecule has 0 aliphatic heterocycles. The zero-order valence-corrected chi connectivity index (χ0v) is 11.6. The first-order valence-electron chi connectivity index (χ1n) is 5.49. The Labute approximate surface area is 114 Å². The summed E-state index contributed by atoms with van der Waals surface area (Å²) >= 11 is 1.30. The minimum Gasteiger partial charge on any atom is -0.449 e. The summed E-state index contributed by atoms with van der Waals surface area (Å²) in [5, 5.41) is 12.0. The summed E-state index contributed by atoms with van der Waals surface area (Å²) in [7, 11) is 0. The van der Waals surface area contributed by atoms with Crippen molar-refractivity contribution in [3.63, 3.8) is 0 Å². The summed E-state index contributed by atoms with van der Waals surface area (Å²) in [4.78, 5) is 23.4. The van der Waals surface area contributed by atoms with Crippen LogP contribution in [-0.2, 0) is 4.74 Å². The van der Waals surface area contributed by atoms with Crippen molar-refractivity contribution in [1.29, 1.82) is 5.26 Å². The van der Waals surface area contributed by atoms with Crippen molar-refractivity contribution < 1.29 is 14.3 Å². The molecule has 3 amide bonds. The number of ether oxygens (including phenoxy) is 1. The summed E-state index contributed by atoms with van der Waals surface area (Å²) < 4.78 is 4.57. The van der Waals surface area contributed by atoms with Crippen LogP contribution in [0.25, 0.3) is 0 Å². The monoisotopic (exact) mass is 282 g/mol. The van der Waals surface area contributed by atoms with Crippen molar-refractivity contribution >= 4 is 28.5 Å². The number of urea groups is 1. The summed E-state index contributed by atoms with van der Waals surface area (Å²) in [6, 6.07) is 1.38. The molecule has 0 atom stereocenters. The standard InChI is InChI=1S/C11H14N4O3S/c1-4-18-11(17)15-14-10(16)13-9-8(5-12)6(2)7(3)19-9/h4H2,1-3H3,(H,15,17)(H2,13,14,16). The second kappa shape index (κ2) is 6.61. The number of nitrogens with zero attached hydrogens (tertiary/aromatic N) is 1. The lowest BCUT2D eigenvalue weighted by Gasteiger charge is -2.07. The zero-order chi connectivity index (χ0) is 14.4. The van der Waals surface area contributed by atoms with Gasteiger partial charge in [0.25, 0.3) is 0 Å². The molecule has 1 aromatic rings. The number of hydrazine groups is 1. The number of nitriles is 1. The molecular weight excluding hydrogens is 268 g/mol.